The summed E-state index contributed by atoms with van der Waals surface area (Å²) in [5, 5.41) is 12.5. The topological polar surface area (TPSA) is 102 Å². The molecule has 29 heavy (non-hydrogen) atoms. The van der Waals surface area contributed by atoms with Crippen molar-refractivity contribution in [1.82, 2.24) is 31.1 Å². The van der Waals surface area contributed by atoms with Crippen LogP contribution in [0.2, 0.25) is 0 Å². The molecule has 8 heteroatoms. The maximum atomic E-state index is 12.1. The molecule has 0 fully saturated rings. The minimum Gasteiger partial charge on any atom is -0.273 e. The third-order valence-corrected chi connectivity index (χ3v) is 4.35. The van der Waals surface area contributed by atoms with Gasteiger partial charge in [-0.05, 0) is 29.3 Å². The SMILES string of the molecule is CCCCCC(=O)NNC(=O)c1ccc(Cn2nnc(-c3ccccc3)n2)cc1. The highest BCUT2D eigenvalue weighted by Gasteiger charge is 2.09. The fourth-order valence-corrected chi connectivity index (χ4v) is 2.73. The van der Waals surface area contributed by atoms with Crippen LogP contribution >= 0.6 is 0 Å². The highest BCUT2D eigenvalue weighted by atomic mass is 16.2. The normalized spacial score (nSPS) is 10.5. The van der Waals surface area contributed by atoms with Gasteiger partial charge in [0, 0.05) is 17.5 Å². The van der Waals surface area contributed by atoms with Crippen molar-refractivity contribution in [1.29, 1.82) is 0 Å². The standard InChI is InChI=1S/C21H24N6O2/c1-2-3-5-10-19(28)22-24-21(29)18-13-11-16(12-14-18)15-27-25-20(23-26-27)17-8-6-4-7-9-17/h4,6-9,11-14H,2-3,5,10,15H2,1H3,(H,22,28)(H,24,29). The van der Waals surface area contributed by atoms with Crippen LogP contribution in [0.1, 0.15) is 48.5 Å². The zero-order valence-corrected chi connectivity index (χ0v) is 16.3. The lowest BCUT2D eigenvalue weighted by atomic mass is 10.1. The Morgan fingerprint density at radius 1 is 0.966 bits per heavy atom. The molecule has 0 radical (unpaired) electrons. The van der Waals surface area contributed by atoms with E-state index in [0.29, 0.717) is 24.4 Å². The molecular weight excluding hydrogens is 368 g/mol. The third kappa shape index (κ3) is 5.97. The van der Waals surface area contributed by atoms with Crippen molar-refractivity contribution >= 4 is 11.8 Å². The van der Waals surface area contributed by atoms with Crippen molar-refractivity contribution in [3.63, 3.8) is 0 Å². The molecule has 150 valence electrons. The molecule has 0 saturated heterocycles. The van der Waals surface area contributed by atoms with Gasteiger partial charge in [-0.2, -0.15) is 4.80 Å². The average molecular weight is 392 g/mol. The first-order valence-corrected chi connectivity index (χ1v) is 9.67. The number of hydrogen-bond donors (Lipinski definition) is 2. The van der Waals surface area contributed by atoms with Crippen LogP contribution in [-0.2, 0) is 11.3 Å². The number of aromatic nitrogens is 4. The lowest BCUT2D eigenvalue weighted by molar-refractivity contribution is -0.121. The van der Waals surface area contributed by atoms with Crippen molar-refractivity contribution in [3.8, 4) is 11.4 Å². The zero-order chi connectivity index (χ0) is 20.5. The van der Waals surface area contributed by atoms with Crippen molar-refractivity contribution in [2.45, 2.75) is 39.2 Å². The Morgan fingerprint density at radius 2 is 1.72 bits per heavy atom. The number of nitrogens with one attached hydrogen (secondary N) is 2. The molecule has 0 atom stereocenters. The fraction of sp³-hybridized carbons (Fsp3) is 0.286. The van der Waals surface area contributed by atoms with Crippen LogP contribution in [0.5, 0.6) is 0 Å². The Morgan fingerprint density at radius 3 is 2.45 bits per heavy atom. The molecule has 8 nitrogen and oxygen atoms in total. The number of carbonyl (C=O) groups excluding carboxylic acids is 2. The lowest BCUT2D eigenvalue weighted by Gasteiger charge is -2.08. The first-order valence-electron chi connectivity index (χ1n) is 9.67. The maximum Gasteiger partial charge on any atom is 0.269 e. The van der Waals surface area contributed by atoms with Gasteiger partial charge in [-0.15, -0.1) is 10.2 Å². The second kappa shape index (κ2) is 10.1. The number of hydrazine groups is 1. The van der Waals surface area contributed by atoms with E-state index in [9.17, 15) is 9.59 Å². The molecule has 2 amide bonds. The van der Waals surface area contributed by atoms with Crippen LogP contribution in [0.3, 0.4) is 0 Å². The van der Waals surface area contributed by atoms with Crippen molar-refractivity contribution < 1.29 is 9.59 Å². The van der Waals surface area contributed by atoms with Crippen LogP contribution in [0.15, 0.2) is 54.6 Å². The molecule has 0 unspecified atom stereocenters. The quantitative estimate of drug-likeness (QED) is 0.453. The van der Waals surface area contributed by atoms with E-state index >= 15 is 0 Å². The van der Waals surface area contributed by atoms with E-state index in [-0.39, 0.29) is 11.8 Å². The summed E-state index contributed by atoms with van der Waals surface area (Å²) in [6, 6.07) is 16.7. The lowest BCUT2D eigenvalue weighted by Crippen LogP contribution is -2.41. The van der Waals surface area contributed by atoms with E-state index in [1.54, 1.807) is 12.1 Å². The average Bonchev–Trinajstić information content (AvgIpc) is 3.22. The largest absolute Gasteiger partial charge is 0.273 e. The molecular formula is C21H24N6O2. The molecule has 2 N–H and O–H groups in total. The Labute approximate surface area is 169 Å². The smallest absolute Gasteiger partial charge is 0.269 e. The minimum absolute atomic E-state index is 0.185. The van der Waals surface area contributed by atoms with Gasteiger partial charge >= 0.3 is 0 Å². The fourth-order valence-electron chi connectivity index (χ4n) is 2.73. The predicted octanol–water partition coefficient (Wildman–Crippen LogP) is 2.73. The van der Waals surface area contributed by atoms with E-state index in [1.807, 2.05) is 42.5 Å². The van der Waals surface area contributed by atoms with Gasteiger partial charge in [0.2, 0.25) is 11.7 Å². The molecule has 0 aliphatic heterocycles. The Hall–Kier alpha value is -3.55. The Kier molecular flexibility index (Phi) is 7.05. The number of amides is 2. The van der Waals surface area contributed by atoms with Crippen molar-refractivity contribution in [3.05, 3.63) is 65.7 Å². The van der Waals surface area contributed by atoms with Crippen molar-refractivity contribution in [2.75, 3.05) is 0 Å². The summed E-state index contributed by atoms with van der Waals surface area (Å²) in [5.41, 5.74) is 7.17. The number of rotatable bonds is 8. The van der Waals surface area contributed by atoms with Crippen LogP contribution in [0.4, 0.5) is 0 Å². The van der Waals surface area contributed by atoms with Crippen LogP contribution < -0.4 is 10.9 Å². The zero-order valence-electron chi connectivity index (χ0n) is 16.3. The molecule has 1 heterocycles. The van der Waals surface area contributed by atoms with Crippen LogP contribution in [0, 0.1) is 0 Å². The molecule has 0 aliphatic rings. The van der Waals surface area contributed by atoms with E-state index in [2.05, 4.69) is 33.2 Å². The molecule has 3 rings (SSSR count). The summed E-state index contributed by atoms with van der Waals surface area (Å²) in [6.45, 7) is 2.51. The summed E-state index contributed by atoms with van der Waals surface area (Å²) in [4.78, 5) is 25.3. The summed E-state index contributed by atoms with van der Waals surface area (Å²) in [5.74, 6) is 0.0248. The summed E-state index contributed by atoms with van der Waals surface area (Å²) >= 11 is 0. The molecule has 0 bridgehead atoms. The van der Waals surface area contributed by atoms with Gasteiger partial charge in [-0.1, -0.05) is 62.2 Å². The Bertz CT molecular complexity index is 937. The Balaban J connectivity index is 1.52. The summed E-state index contributed by atoms with van der Waals surface area (Å²) < 4.78 is 0. The van der Waals surface area contributed by atoms with Gasteiger partial charge in [0.05, 0.1) is 6.54 Å². The van der Waals surface area contributed by atoms with Gasteiger partial charge in [-0.3, -0.25) is 20.4 Å². The van der Waals surface area contributed by atoms with E-state index < -0.39 is 0 Å². The summed E-state index contributed by atoms with van der Waals surface area (Å²) in [7, 11) is 0. The van der Waals surface area contributed by atoms with Crippen molar-refractivity contribution in [2.24, 2.45) is 0 Å². The number of unbranched alkanes of at least 4 members (excludes halogenated alkanes) is 2. The highest BCUT2D eigenvalue weighted by Crippen LogP contribution is 2.12. The van der Waals surface area contributed by atoms with E-state index in [1.165, 1.54) is 4.80 Å². The van der Waals surface area contributed by atoms with E-state index in [4.69, 9.17) is 0 Å². The van der Waals surface area contributed by atoms with Crippen LogP contribution in [0.25, 0.3) is 11.4 Å². The van der Waals surface area contributed by atoms with Gasteiger partial charge in [0.1, 0.15) is 0 Å². The minimum atomic E-state index is -0.356. The first-order chi connectivity index (χ1) is 14.2. The van der Waals surface area contributed by atoms with Gasteiger partial charge in [-0.25, -0.2) is 0 Å². The number of carbonyl (C=O) groups is 2. The first kappa shape index (κ1) is 20.2. The monoisotopic (exact) mass is 392 g/mol. The number of hydrogen-bond acceptors (Lipinski definition) is 5. The number of nitrogens with zero attached hydrogens (tertiary/aromatic N) is 4. The molecule has 0 saturated carbocycles. The molecule has 2 aromatic carbocycles. The molecule has 1 aromatic heterocycles. The molecule has 3 aromatic rings. The second-order valence-corrected chi connectivity index (χ2v) is 6.67. The third-order valence-electron chi connectivity index (χ3n) is 4.35. The van der Waals surface area contributed by atoms with Gasteiger partial charge in [0.15, 0.2) is 0 Å². The highest BCUT2D eigenvalue weighted by molar-refractivity contribution is 5.95. The number of tetrazole rings is 1. The predicted molar refractivity (Wildman–Crippen MR) is 109 cm³/mol. The van der Waals surface area contributed by atoms with Gasteiger partial charge in [0.25, 0.3) is 5.91 Å². The molecule has 0 spiro atoms. The second-order valence-electron chi connectivity index (χ2n) is 6.67. The summed E-state index contributed by atoms with van der Waals surface area (Å²) in [6.07, 6.45) is 3.26. The molecule has 0 aliphatic carbocycles. The van der Waals surface area contributed by atoms with Crippen LogP contribution in [-0.4, -0.2) is 32.0 Å². The number of benzene rings is 2. The maximum absolute atomic E-state index is 12.1. The van der Waals surface area contributed by atoms with E-state index in [0.717, 1.165) is 30.4 Å². The van der Waals surface area contributed by atoms with Gasteiger partial charge < -0.3 is 0 Å².